The van der Waals surface area contributed by atoms with E-state index < -0.39 is 17.8 Å². The molecule has 1 aliphatic rings. The van der Waals surface area contributed by atoms with Crippen molar-refractivity contribution in [1.82, 2.24) is 4.68 Å². The molecule has 5 heteroatoms. The Hall–Kier alpha value is -1.78. The van der Waals surface area contributed by atoms with Crippen molar-refractivity contribution in [1.29, 1.82) is 0 Å². The number of carbonyl (C=O) groups excluding carboxylic acids is 1. The van der Waals surface area contributed by atoms with Crippen molar-refractivity contribution in [2.45, 2.75) is 19.3 Å². The SMILES string of the molecule is O=C(O)[C@H]1CCC[C@H]1C(=O)Nn1cccc1. The molecule has 86 valence electrons. The molecule has 0 unspecified atom stereocenters. The molecule has 1 amide bonds. The normalized spacial score (nSPS) is 24.2. The zero-order chi connectivity index (χ0) is 11.5. The first-order valence-corrected chi connectivity index (χ1v) is 5.35. The molecule has 5 nitrogen and oxygen atoms in total. The highest BCUT2D eigenvalue weighted by Crippen LogP contribution is 2.32. The van der Waals surface area contributed by atoms with Crippen molar-refractivity contribution in [3.63, 3.8) is 0 Å². The van der Waals surface area contributed by atoms with Crippen LogP contribution in [0.1, 0.15) is 19.3 Å². The third kappa shape index (κ3) is 2.08. The summed E-state index contributed by atoms with van der Waals surface area (Å²) < 4.78 is 1.54. The van der Waals surface area contributed by atoms with Gasteiger partial charge in [-0.3, -0.25) is 19.7 Å². The fraction of sp³-hybridized carbons (Fsp3) is 0.455. The van der Waals surface area contributed by atoms with E-state index in [4.69, 9.17) is 5.11 Å². The number of nitrogens with one attached hydrogen (secondary N) is 1. The van der Waals surface area contributed by atoms with Crippen LogP contribution in [0.4, 0.5) is 0 Å². The maximum atomic E-state index is 11.8. The van der Waals surface area contributed by atoms with E-state index in [1.807, 2.05) is 0 Å². The van der Waals surface area contributed by atoms with Crippen molar-refractivity contribution in [3.05, 3.63) is 24.5 Å². The molecular weight excluding hydrogens is 208 g/mol. The summed E-state index contributed by atoms with van der Waals surface area (Å²) in [4.78, 5) is 22.8. The van der Waals surface area contributed by atoms with Gasteiger partial charge in [0.05, 0.1) is 11.8 Å². The highest BCUT2D eigenvalue weighted by Gasteiger charge is 2.37. The molecule has 0 saturated heterocycles. The second-order valence-corrected chi connectivity index (χ2v) is 4.05. The lowest BCUT2D eigenvalue weighted by Crippen LogP contribution is -2.33. The second kappa shape index (κ2) is 4.38. The third-order valence-electron chi connectivity index (χ3n) is 3.01. The summed E-state index contributed by atoms with van der Waals surface area (Å²) in [6.07, 6.45) is 5.48. The monoisotopic (exact) mass is 222 g/mol. The standard InChI is InChI=1S/C11H14N2O3/c14-10(12-13-6-1-2-7-13)8-4-3-5-9(8)11(15)16/h1-2,6-9H,3-5H2,(H,12,14)(H,15,16)/t8-,9+/m1/s1. The Labute approximate surface area is 93.0 Å². The van der Waals surface area contributed by atoms with Crippen LogP contribution in [-0.2, 0) is 9.59 Å². The summed E-state index contributed by atoms with van der Waals surface area (Å²) in [5.74, 6) is -2.01. The molecule has 0 spiro atoms. The molecule has 1 aliphatic carbocycles. The maximum Gasteiger partial charge on any atom is 0.307 e. The average molecular weight is 222 g/mol. The van der Waals surface area contributed by atoms with Gasteiger partial charge in [0, 0.05) is 12.4 Å². The van der Waals surface area contributed by atoms with E-state index in [9.17, 15) is 9.59 Å². The van der Waals surface area contributed by atoms with Crippen molar-refractivity contribution in [2.24, 2.45) is 11.8 Å². The largest absolute Gasteiger partial charge is 0.481 e. The Morgan fingerprint density at radius 2 is 1.81 bits per heavy atom. The van der Waals surface area contributed by atoms with Gasteiger partial charge in [0.2, 0.25) is 5.91 Å². The lowest BCUT2D eigenvalue weighted by molar-refractivity contribution is -0.145. The van der Waals surface area contributed by atoms with E-state index in [1.54, 1.807) is 29.2 Å². The van der Waals surface area contributed by atoms with Crippen LogP contribution < -0.4 is 5.43 Å². The summed E-state index contributed by atoms with van der Waals surface area (Å²) in [6, 6.07) is 3.59. The number of nitrogens with zero attached hydrogens (tertiary/aromatic N) is 1. The zero-order valence-corrected chi connectivity index (χ0v) is 8.80. The van der Waals surface area contributed by atoms with Gasteiger partial charge in [-0.05, 0) is 25.0 Å². The third-order valence-corrected chi connectivity index (χ3v) is 3.01. The summed E-state index contributed by atoms with van der Waals surface area (Å²) in [5, 5.41) is 8.97. The Morgan fingerprint density at radius 1 is 1.19 bits per heavy atom. The van der Waals surface area contributed by atoms with Gasteiger partial charge in [-0.1, -0.05) is 6.42 Å². The average Bonchev–Trinajstić information content (AvgIpc) is 2.86. The summed E-state index contributed by atoms with van der Waals surface area (Å²) in [6.45, 7) is 0. The molecule has 0 aliphatic heterocycles. The number of carbonyl (C=O) groups is 2. The van der Waals surface area contributed by atoms with Gasteiger partial charge >= 0.3 is 5.97 Å². The minimum absolute atomic E-state index is 0.207. The summed E-state index contributed by atoms with van der Waals surface area (Å²) in [5.41, 5.74) is 2.66. The first kappa shape index (κ1) is 10.7. The zero-order valence-electron chi connectivity index (χ0n) is 8.80. The number of carboxylic acids is 1. The Kier molecular flexibility index (Phi) is 2.94. The number of hydrogen-bond acceptors (Lipinski definition) is 2. The van der Waals surface area contributed by atoms with Crippen molar-refractivity contribution in [2.75, 3.05) is 5.43 Å². The smallest absolute Gasteiger partial charge is 0.307 e. The van der Waals surface area contributed by atoms with Crippen LogP contribution in [0.3, 0.4) is 0 Å². The Bertz CT molecular complexity index is 386. The Balaban J connectivity index is 2.01. The molecule has 1 saturated carbocycles. The first-order valence-electron chi connectivity index (χ1n) is 5.35. The molecule has 1 aromatic heterocycles. The van der Waals surface area contributed by atoms with E-state index in [1.165, 1.54) is 0 Å². The van der Waals surface area contributed by atoms with Gasteiger partial charge in [0.1, 0.15) is 0 Å². The molecule has 1 aromatic rings. The number of hydrogen-bond donors (Lipinski definition) is 2. The number of amides is 1. The molecular formula is C11H14N2O3. The highest BCUT2D eigenvalue weighted by atomic mass is 16.4. The molecule has 2 rings (SSSR count). The van der Waals surface area contributed by atoms with Crippen LogP contribution in [0.2, 0.25) is 0 Å². The van der Waals surface area contributed by atoms with E-state index >= 15 is 0 Å². The summed E-state index contributed by atoms with van der Waals surface area (Å²) >= 11 is 0. The number of rotatable bonds is 3. The van der Waals surface area contributed by atoms with Crippen molar-refractivity contribution >= 4 is 11.9 Å². The van der Waals surface area contributed by atoms with Crippen LogP contribution in [0.15, 0.2) is 24.5 Å². The second-order valence-electron chi connectivity index (χ2n) is 4.05. The molecule has 2 atom stereocenters. The van der Waals surface area contributed by atoms with Crippen LogP contribution in [-0.4, -0.2) is 21.7 Å². The minimum atomic E-state index is -0.870. The predicted molar refractivity (Wildman–Crippen MR) is 57.3 cm³/mol. The Morgan fingerprint density at radius 3 is 2.44 bits per heavy atom. The van der Waals surface area contributed by atoms with Gasteiger partial charge < -0.3 is 5.11 Å². The molecule has 0 bridgehead atoms. The molecule has 16 heavy (non-hydrogen) atoms. The lowest BCUT2D eigenvalue weighted by Gasteiger charge is -2.15. The van der Waals surface area contributed by atoms with E-state index in [0.717, 1.165) is 6.42 Å². The first-order chi connectivity index (χ1) is 7.68. The van der Waals surface area contributed by atoms with Gasteiger partial charge in [0.15, 0.2) is 0 Å². The predicted octanol–water partition coefficient (Wildman–Crippen LogP) is 1.06. The van der Waals surface area contributed by atoms with Crippen LogP contribution in [0.5, 0.6) is 0 Å². The van der Waals surface area contributed by atoms with Crippen LogP contribution in [0.25, 0.3) is 0 Å². The van der Waals surface area contributed by atoms with E-state index in [2.05, 4.69) is 5.43 Å². The van der Waals surface area contributed by atoms with Gasteiger partial charge in [-0.2, -0.15) is 0 Å². The van der Waals surface area contributed by atoms with Gasteiger partial charge in [-0.25, -0.2) is 0 Å². The van der Waals surface area contributed by atoms with Crippen LogP contribution in [0, 0.1) is 11.8 Å². The molecule has 0 radical (unpaired) electrons. The fourth-order valence-corrected chi connectivity index (χ4v) is 2.19. The van der Waals surface area contributed by atoms with E-state index in [0.29, 0.717) is 12.8 Å². The fourth-order valence-electron chi connectivity index (χ4n) is 2.19. The number of aromatic nitrogens is 1. The van der Waals surface area contributed by atoms with Gasteiger partial charge in [-0.15, -0.1) is 0 Å². The number of aliphatic carboxylic acids is 1. The topological polar surface area (TPSA) is 71.3 Å². The summed E-state index contributed by atoms with van der Waals surface area (Å²) in [7, 11) is 0. The van der Waals surface area contributed by atoms with Crippen molar-refractivity contribution in [3.8, 4) is 0 Å². The minimum Gasteiger partial charge on any atom is -0.481 e. The lowest BCUT2D eigenvalue weighted by atomic mass is 9.96. The van der Waals surface area contributed by atoms with Crippen molar-refractivity contribution < 1.29 is 14.7 Å². The van der Waals surface area contributed by atoms with E-state index in [-0.39, 0.29) is 5.91 Å². The molecule has 2 N–H and O–H groups in total. The molecule has 1 heterocycles. The number of carboxylic acid groups (broad SMARTS) is 1. The molecule has 1 fully saturated rings. The highest BCUT2D eigenvalue weighted by molar-refractivity contribution is 5.90. The maximum absolute atomic E-state index is 11.8. The quantitative estimate of drug-likeness (QED) is 0.803. The molecule has 0 aromatic carbocycles. The van der Waals surface area contributed by atoms with Crippen LogP contribution >= 0.6 is 0 Å². The van der Waals surface area contributed by atoms with Gasteiger partial charge in [0.25, 0.3) is 0 Å².